The number of rotatable bonds is 2. The first-order valence-corrected chi connectivity index (χ1v) is 6.72. The Morgan fingerprint density at radius 2 is 2.25 bits per heavy atom. The molecular weight excluding hydrogens is 254 g/mol. The van der Waals surface area contributed by atoms with Crippen LogP contribution >= 0.6 is 0 Å². The zero-order chi connectivity index (χ0) is 14.1. The van der Waals surface area contributed by atoms with Crippen LogP contribution in [0.15, 0.2) is 24.9 Å². The van der Waals surface area contributed by atoms with E-state index in [1.54, 1.807) is 29.5 Å². The van der Waals surface area contributed by atoms with Gasteiger partial charge in [-0.15, -0.1) is 0 Å². The number of imidazole rings is 1. The Labute approximate surface area is 117 Å². The molecule has 3 heterocycles. The molecule has 1 saturated heterocycles. The van der Waals surface area contributed by atoms with Gasteiger partial charge in [0, 0.05) is 26.0 Å². The summed E-state index contributed by atoms with van der Waals surface area (Å²) in [5, 5.41) is 0. The predicted octanol–water partition coefficient (Wildman–Crippen LogP) is 1.50. The zero-order valence-corrected chi connectivity index (χ0v) is 11.7. The number of hydrogen-bond donors (Lipinski definition) is 0. The number of likely N-dealkylation sites (tertiary alicyclic amines) is 1. The van der Waals surface area contributed by atoms with Crippen LogP contribution in [0, 0.1) is 6.92 Å². The summed E-state index contributed by atoms with van der Waals surface area (Å²) in [4.78, 5) is 27.2. The Morgan fingerprint density at radius 3 is 2.95 bits per heavy atom. The Balaban J connectivity index is 1.87. The summed E-state index contributed by atoms with van der Waals surface area (Å²) in [7, 11) is 1.86. The fourth-order valence-corrected chi connectivity index (χ4v) is 2.63. The number of hydrogen-bond acceptors (Lipinski definition) is 4. The topological polar surface area (TPSA) is 63.9 Å². The molecule has 0 aromatic carbocycles. The summed E-state index contributed by atoms with van der Waals surface area (Å²) in [6, 6.07) is 0.0110. The molecule has 0 N–H and O–H groups in total. The van der Waals surface area contributed by atoms with Crippen molar-refractivity contribution in [2.45, 2.75) is 25.8 Å². The fourth-order valence-electron chi connectivity index (χ4n) is 2.63. The van der Waals surface area contributed by atoms with Gasteiger partial charge in [-0.2, -0.15) is 0 Å². The van der Waals surface area contributed by atoms with Crippen LogP contribution in [0.2, 0.25) is 0 Å². The van der Waals surface area contributed by atoms with E-state index in [1.807, 2.05) is 18.9 Å². The average molecular weight is 271 g/mol. The smallest absolute Gasteiger partial charge is 0.274 e. The maximum absolute atomic E-state index is 12.5. The lowest BCUT2D eigenvalue weighted by Crippen LogP contribution is -2.31. The lowest BCUT2D eigenvalue weighted by molar-refractivity contribution is 0.0727. The number of carbonyl (C=O) groups is 1. The van der Waals surface area contributed by atoms with Gasteiger partial charge in [-0.05, 0) is 19.8 Å². The highest BCUT2D eigenvalue weighted by molar-refractivity contribution is 5.92. The molecule has 1 aliphatic heterocycles. The van der Waals surface area contributed by atoms with E-state index in [4.69, 9.17) is 0 Å². The van der Waals surface area contributed by atoms with Crippen molar-refractivity contribution in [3.63, 3.8) is 0 Å². The largest absolute Gasteiger partial charge is 0.340 e. The van der Waals surface area contributed by atoms with E-state index < -0.39 is 0 Å². The molecule has 1 fully saturated rings. The minimum atomic E-state index is -0.0311. The number of aromatic nitrogens is 4. The van der Waals surface area contributed by atoms with Crippen molar-refractivity contribution in [1.29, 1.82) is 0 Å². The quantitative estimate of drug-likeness (QED) is 0.830. The van der Waals surface area contributed by atoms with Gasteiger partial charge >= 0.3 is 0 Å². The molecule has 3 rings (SSSR count). The van der Waals surface area contributed by atoms with Crippen molar-refractivity contribution in [2.24, 2.45) is 7.05 Å². The van der Waals surface area contributed by atoms with Crippen LogP contribution in [0.5, 0.6) is 0 Å². The molecule has 104 valence electrons. The first kappa shape index (κ1) is 12.8. The lowest BCUT2D eigenvalue weighted by atomic mass is 10.1. The molecule has 2 aromatic rings. The highest BCUT2D eigenvalue weighted by Crippen LogP contribution is 2.31. The molecule has 2 aromatic heterocycles. The highest BCUT2D eigenvalue weighted by atomic mass is 16.2. The van der Waals surface area contributed by atoms with Crippen LogP contribution in [0.3, 0.4) is 0 Å². The van der Waals surface area contributed by atoms with Gasteiger partial charge in [0.2, 0.25) is 0 Å². The molecule has 6 heteroatoms. The molecule has 1 aliphatic rings. The summed E-state index contributed by atoms with van der Waals surface area (Å²) in [5.41, 5.74) is 2.23. The number of aryl methyl sites for hydroxylation is 2. The predicted molar refractivity (Wildman–Crippen MR) is 73.0 cm³/mol. The van der Waals surface area contributed by atoms with Gasteiger partial charge in [0.25, 0.3) is 5.91 Å². The van der Waals surface area contributed by atoms with Crippen molar-refractivity contribution in [2.75, 3.05) is 6.54 Å². The maximum atomic E-state index is 12.5. The van der Waals surface area contributed by atoms with Gasteiger partial charge in [0.1, 0.15) is 5.69 Å². The summed E-state index contributed by atoms with van der Waals surface area (Å²) in [6.07, 6.45) is 8.78. The van der Waals surface area contributed by atoms with Crippen molar-refractivity contribution >= 4 is 5.91 Å². The third kappa shape index (κ3) is 2.29. The van der Waals surface area contributed by atoms with Crippen molar-refractivity contribution in [3.8, 4) is 0 Å². The summed E-state index contributed by atoms with van der Waals surface area (Å²) in [6.45, 7) is 2.66. The van der Waals surface area contributed by atoms with Crippen LogP contribution in [-0.2, 0) is 7.05 Å². The van der Waals surface area contributed by atoms with Crippen molar-refractivity contribution in [3.05, 3.63) is 42.0 Å². The van der Waals surface area contributed by atoms with Crippen LogP contribution in [0.4, 0.5) is 0 Å². The fraction of sp³-hybridized carbons (Fsp3) is 0.429. The van der Waals surface area contributed by atoms with E-state index in [1.165, 1.54) is 0 Å². The molecule has 0 unspecified atom stereocenters. The van der Waals surface area contributed by atoms with E-state index in [2.05, 4.69) is 15.0 Å². The molecule has 0 aliphatic carbocycles. The second-order valence-electron chi connectivity index (χ2n) is 5.17. The van der Waals surface area contributed by atoms with Crippen molar-refractivity contribution in [1.82, 2.24) is 24.4 Å². The normalized spacial score (nSPS) is 18.5. The highest BCUT2D eigenvalue weighted by Gasteiger charge is 2.32. The van der Waals surface area contributed by atoms with Crippen LogP contribution in [0.1, 0.15) is 40.8 Å². The molecule has 20 heavy (non-hydrogen) atoms. The van der Waals surface area contributed by atoms with Gasteiger partial charge in [-0.25, -0.2) is 4.98 Å². The Bertz CT molecular complexity index is 636. The second kappa shape index (κ2) is 5.03. The monoisotopic (exact) mass is 271 g/mol. The molecule has 6 nitrogen and oxygen atoms in total. The van der Waals surface area contributed by atoms with E-state index in [-0.39, 0.29) is 11.9 Å². The number of amides is 1. The minimum Gasteiger partial charge on any atom is -0.340 e. The Kier molecular flexibility index (Phi) is 3.22. The van der Waals surface area contributed by atoms with E-state index in [0.717, 1.165) is 30.8 Å². The number of carbonyl (C=O) groups excluding carboxylic acids is 1. The van der Waals surface area contributed by atoms with Crippen LogP contribution in [0.25, 0.3) is 0 Å². The summed E-state index contributed by atoms with van der Waals surface area (Å²) in [5.74, 6) is -0.0311. The molecule has 1 atom stereocenters. The molecule has 0 saturated carbocycles. The van der Waals surface area contributed by atoms with E-state index in [9.17, 15) is 4.79 Å². The van der Waals surface area contributed by atoms with Gasteiger partial charge in [0.15, 0.2) is 0 Å². The van der Waals surface area contributed by atoms with Crippen LogP contribution < -0.4 is 0 Å². The SMILES string of the molecule is Cc1cncc([C@@H]2CCCN2C(=O)c2cn(C)cn2)n1. The summed E-state index contributed by atoms with van der Waals surface area (Å²) >= 11 is 0. The third-order valence-electron chi connectivity index (χ3n) is 3.55. The maximum Gasteiger partial charge on any atom is 0.274 e. The Morgan fingerprint density at radius 1 is 1.40 bits per heavy atom. The van der Waals surface area contributed by atoms with E-state index in [0.29, 0.717) is 5.69 Å². The van der Waals surface area contributed by atoms with Crippen molar-refractivity contribution < 1.29 is 4.79 Å². The molecule has 0 spiro atoms. The first-order chi connectivity index (χ1) is 9.65. The Hall–Kier alpha value is -2.24. The third-order valence-corrected chi connectivity index (χ3v) is 3.55. The van der Waals surface area contributed by atoms with Gasteiger partial charge < -0.3 is 9.47 Å². The number of nitrogens with zero attached hydrogens (tertiary/aromatic N) is 5. The lowest BCUT2D eigenvalue weighted by Gasteiger charge is -2.23. The standard InChI is InChI=1S/C14H17N5O/c1-10-6-15-7-11(17-10)13-4-3-5-19(13)14(20)12-8-18(2)9-16-12/h6-9,13H,3-5H2,1-2H3/t13-/m0/s1. The molecular formula is C14H17N5O. The molecule has 0 bridgehead atoms. The minimum absolute atomic E-state index is 0.0110. The molecule has 0 radical (unpaired) electrons. The second-order valence-corrected chi connectivity index (χ2v) is 5.17. The van der Waals surface area contributed by atoms with Gasteiger partial charge in [-0.1, -0.05) is 0 Å². The van der Waals surface area contributed by atoms with Crippen LogP contribution in [-0.4, -0.2) is 36.9 Å². The summed E-state index contributed by atoms with van der Waals surface area (Å²) < 4.78 is 1.78. The average Bonchev–Trinajstić information content (AvgIpc) is 3.06. The first-order valence-electron chi connectivity index (χ1n) is 6.72. The van der Waals surface area contributed by atoms with E-state index >= 15 is 0 Å². The van der Waals surface area contributed by atoms with Gasteiger partial charge in [-0.3, -0.25) is 14.8 Å². The van der Waals surface area contributed by atoms with Gasteiger partial charge in [0.05, 0.1) is 30.0 Å². The molecule has 1 amide bonds. The zero-order valence-electron chi connectivity index (χ0n) is 11.7.